The molecule has 17 nitrogen and oxygen atoms in total. The zero-order chi connectivity index (χ0) is 76.0. The number of phosphoric acid groups is 2. The molecule has 104 heavy (non-hydrogen) atoms. The van der Waals surface area contributed by atoms with Crippen molar-refractivity contribution in [1.29, 1.82) is 0 Å². The van der Waals surface area contributed by atoms with Crippen LogP contribution < -0.4 is 0 Å². The second kappa shape index (κ2) is 75.9. The van der Waals surface area contributed by atoms with E-state index in [0.717, 1.165) is 193 Å². The summed E-state index contributed by atoms with van der Waals surface area (Å²) in [6.45, 7) is 4.40. The van der Waals surface area contributed by atoms with Crippen molar-refractivity contribution in [2.75, 3.05) is 39.6 Å². The van der Waals surface area contributed by atoms with Crippen LogP contribution in [0.3, 0.4) is 0 Å². The van der Waals surface area contributed by atoms with Gasteiger partial charge in [-0.05, 0) is 161 Å². The maximum Gasteiger partial charge on any atom is 0.472 e. The molecule has 0 radical (unpaired) electrons. The molecule has 0 aliphatic carbocycles. The Kier molecular flexibility index (Phi) is 72.0. The minimum absolute atomic E-state index is 0.0578. The first-order chi connectivity index (χ1) is 50.7. The molecule has 3 N–H and O–H groups in total. The number of esters is 4. The van der Waals surface area contributed by atoms with Crippen molar-refractivity contribution in [3.05, 3.63) is 158 Å². The number of hydrogen-bond donors (Lipinski definition) is 3. The molecule has 0 heterocycles. The van der Waals surface area contributed by atoms with Crippen molar-refractivity contribution in [1.82, 2.24) is 0 Å². The Labute approximate surface area is 629 Å². The van der Waals surface area contributed by atoms with Gasteiger partial charge in [0.05, 0.1) is 26.4 Å². The lowest BCUT2D eigenvalue weighted by molar-refractivity contribution is -0.161. The highest BCUT2D eigenvalue weighted by atomic mass is 31.2. The second-order valence-electron chi connectivity index (χ2n) is 25.9. The normalized spacial score (nSPS) is 14.7. The number of ether oxygens (including phenoxy) is 4. The molecule has 0 aromatic heterocycles. The van der Waals surface area contributed by atoms with Gasteiger partial charge in [-0.3, -0.25) is 37.3 Å². The lowest BCUT2D eigenvalue weighted by Gasteiger charge is -2.21. The van der Waals surface area contributed by atoms with Crippen molar-refractivity contribution in [2.45, 2.75) is 316 Å². The lowest BCUT2D eigenvalue weighted by atomic mass is 10.1. The van der Waals surface area contributed by atoms with E-state index in [4.69, 9.17) is 37.0 Å². The fourth-order valence-corrected chi connectivity index (χ4v) is 11.6. The van der Waals surface area contributed by atoms with E-state index >= 15 is 0 Å². The molecule has 0 fully saturated rings. The van der Waals surface area contributed by atoms with E-state index in [0.29, 0.717) is 32.1 Å². The highest BCUT2D eigenvalue weighted by molar-refractivity contribution is 7.47. The Morgan fingerprint density at radius 3 is 0.808 bits per heavy atom. The lowest BCUT2D eigenvalue weighted by Crippen LogP contribution is -2.30. The Hall–Kier alpha value is -5.32. The number of aliphatic hydroxyl groups is 1. The summed E-state index contributed by atoms with van der Waals surface area (Å²) >= 11 is 0. The molecule has 5 unspecified atom stereocenters. The van der Waals surface area contributed by atoms with Gasteiger partial charge in [0.15, 0.2) is 12.2 Å². The van der Waals surface area contributed by atoms with E-state index in [1.165, 1.54) is 19.3 Å². The number of rotatable bonds is 73. The van der Waals surface area contributed by atoms with E-state index in [1.807, 2.05) is 12.2 Å². The number of phosphoric ester groups is 2. The standard InChI is InChI=1S/C85H140O17P2/c1-5-9-13-17-21-25-29-33-37-39-43-45-49-53-57-61-65-69-82(87)95-75-80(101-84(89)71-67-63-59-55-51-47-41-35-31-27-23-19-15-11-7-3)77-99-103(91,92)97-73-79(86)74-98-104(93,94)100-78-81(102-85(90)72-68-64-60-56-52-48-42-36-32-28-24-20-16-12-8-4)76-96-83(88)70-66-62-58-54-50-46-44-40-38-34-30-26-22-18-14-10-6-2/h9-11,13-15,21-28,33-38,41-43,45,53,57,79-81,86H,5-8,12,16-20,29-32,39-40,44,46-52,54-56,58-78H2,1-4H3,(H,91,92)(H,93,94)/b13-9-,14-10-,15-11-,25-21-,26-22-,27-23-,28-24-,37-33-,38-34-,41-35-,42-36-,45-43-,57-53-. The average Bonchev–Trinajstić information content (AvgIpc) is 0.937. The molecular weight excluding hydrogens is 1350 g/mol. The fraction of sp³-hybridized carbons (Fsp3) is 0.647. The molecule has 592 valence electrons. The molecule has 19 heteroatoms. The first-order valence-electron chi connectivity index (χ1n) is 39.7. The molecule has 0 aliphatic rings. The molecular formula is C85H140O17P2. The van der Waals surface area contributed by atoms with E-state index in [1.54, 1.807) is 0 Å². The third-order valence-electron chi connectivity index (χ3n) is 16.0. The summed E-state index contributed by atoms with van der Waals surface area (Å²) in [7, 11) is -10.00. The summed E-state index contributed by atoms with van der Waals surface area (Å²) in [5.41, 5.74) is 0. The number of hydrogen-bond acceptors (Lipinski definition) is 15. The number of carbonyl (C=O) groups is 4. The molecule has 0 amide bonds. The van der Waals surface area contributed by atoms with Crippen molar-refractivity contribution >= 4 is 39.5 Å². The summed E-state index contributed by atoms with van der Waals surface area (Å²) < 4.78 is 68.5. The predicted octanol–water partition coefficient (Wildman–Crippen LogP) is 23.2. The van der Waals surface area contributed by atoms with Crippen LogP contribution in [0.4, 0.5) is 0 Å². The molecule has 0 aromatic carbocycles. The van der Waals surface area contributed by atoms with E-state index in [2.05, 4.69) is 174 Å². The molecule has 0 bridgehead atoms. The van der Waals surface area contributed by atoms with Crippen molar-refractivity contribution in [3.8, 4) is 0 Å². The van der Waals surface area contributed by atoms with Gasteiger partial charge < -0.3 is 33.8 Å². The molecule has 0 aliphatic heterocycles. The van der Waals surface area contributed by atoms with Crippen LogP contribution in [0.15, 0.2) is 158 Å². The summed E-state index contributed by atoms with van der Waals surface area (Å²) in [6.07, 6.45) is 88.0. The smallest absolute Gasteiger partial charge is 0.462 e. The topological polar surface area (TPSA) is 237 Å². The van der Waals surface area contributed by atoms with E-state index in [-0.39, 0.29) is 25.7 Å². The number of allylic oxidation sites excluding steroid dienone is 26. The van der Waals surface area contributed by atoms with Crippen LogP contribution >= 0.6 is 15.6 Å². The summed E-state index contributed by atoms with van der Waals surface area (Å²) in [4.78, 5) is 73.0. The monoisotopic (exact) mass is 1490 g/mol. The van der Waals surface area contributed by atoms with Gasteiger partial charge in [0.2, 0.25) is 0 Å². The largest absolute Gasteiger partial charge is 0.472 e. The number of carbonyl (C=O) groups excluding carboxylic acids is 4. The van der Waals surface area contributed by atoms with Gasteiger partial charge in [-0.1, -0.05) is 269 Å². The van der Waals surface area contributed by atoms with Gasteiger partial charge in [0.25, 0.3) is 0 Å². The average molecular weight is 1500 g/mol. The van der Waals surface area contributed by atoms with E-state index < -0.39 is 97.5 Å². The highest BCUT2D eigenvalue weighted by Crippen LogP contribution is 2.45. The third kappa shape index (κ3) is 74.9. The molecule has 0 spiro atoms. The zero-order valence-corrected chi connectivity index (χ0v) is 66.4. The van der Waals surface area contributed by atoms with Crippen LogP contribution in [0.2, 0.25) is 0 Å². The summed E-state index contributed by atoms with van der Waals surface area (Å²) in [6, 6.07) is 0. The molecule has 0 rings (SSSR count). The van der Waals surface area contributed by atoms with Gasteiger partial charge in [0, 0.05) is 25.7 Å². The fourth-order valence-electron chi connectivity index (χ4n) is 10.0. The Morgan fingerprint density at radius 1 is 0.279 bits per heavy atom. The Morgan fingerprint density at radius 2 is 0.510 bits per heavy atom. The maximum absolute atomic E-state index is 13.1. The Bertz CT molecular complexity index is 2590. The minimum Gasteiger partial charge on any atom is -0.462 e. The van der Waals surface area contributed by atoms with Crippen molar-refractivity contribution in [3.63, 3.8) is 0 Å². The van der Waals surface area contributed by atoms with Crippen LogP contribution in [0.5, 0.6) is 0 Å². The quantitative estimate of drug-likeness (QED) is 0.0169. The SMILES string of the molecule is CC/C=C\C/C=C\C/C=C\C/C=C\C/C=C\CCCC(=O)OCC(COP(=O)(O)OCC(O)COP(=O)(O)OCC(COC(=O)CCCCCCCCC/C=C\C/C=C\C/C=C\CC)OC(=O)CCCCCCC/C=C\C/C=C\CCCCC)OC(=O)CCCCCCC/C=C\C/C=C\C/C=C\CC. The second-order valence-corrected chi connectivity index (χ2v) is 28.8. The van der Waals surface area contributed by atoms with Crippen molar-refractivity contribution < 1.29 is 80.2 Å². The number of unbranched alkanes of at least 4 members (excludes halogenated alkanes) is 21. The van der Waals surface area contributed by atoms with Gasteiger partial charge in [-0.2, -0.15) is 0 Å². The van der Waals surface area contributed by atoms with Crippen LogP contribution in [0.25, 0.3) is 0 Å². The van der Waals surface area contributed by atoms with Gasteiger partial charge in [0.1, 0.15) is 19.3 Å². The first kappa shape index (κ1) is 98.7. The van der Waals surface area contributed by atoms with Gasteiger partial charge in [-0.15, -0.1) is 0 Å². The molecule has 0 saturated heterocycles. The van der Waals surface area contributed by atoms with Crippen LogP contribution in [-0.2, 0) is 65.4 Å². The number of aliphatic hydroxyl groups excluding tert-OH is 1. The van der Waals surface area contributed by atoms with Crippen LogP contribution in [0, 0.1) is 0 Å². The molecule has 5 atom stereocenters. The van der Waals surface area contributed by atoms with E-state index in [9.17, 15) is 43.2 Å². The van der Waals surface area contributed by atoms with Crippen molar-refractivity contribution in [2.24, 2.45) is 0 Å². The first-order valence-corrected chi connectivity index (χ1v) is 42.7. The van der Waals surface area contributed by atoms with Gasteiger partial charge >= 0.3 is 39.5 Å². The van der Waals surface area contributed by atoms with Gasteiger partial charge in [-0.25, -0.2) is 9.13 Å². The highest BCUT2D eigenvalue weighted by Gasteiger charge is 2.30. The predicted molar refractivity (Wildman–Crippen MR) is 427 cm³/mol. The Balaban J connectivity index is 5.45. The van der Waals surface area contributed by atoms with Crippen LogP contribution in [0.1, 0.15) is 297 Å². The summed E-state index contributed by atoms with van der Waals surface area (Å²) in [5, 5.41) is 10.6. The summed E-state index contributed by atoms with van der Waals surface area (Å²) in [5.74, 6) is -2.29. The third-order valence-corrected chi connectivity index (χ3v) is 17.9. The zero-order valence-electron chi connectivity index (χ0n) is 64.6. The minimum atomic E-state index is -5.00. The molecule has 0 saturated carbocycles. The van der Waals surface area contributed by atoms with Crippen LogP contribution in [-0.4, -0.2) is 96.7 Å². The molecule has 0 aromatic rings. The maximum atomic E-state index is 13.1.